The molecule has 2 N–H and O–H groups in total. The van der Waals surface area contributed by atoms with Crippen molar-refractivity contribution >= 4 is 0 Å². The Balaban J connectivity index is 3.22. The standard InChI is InChI=1S/C12H19N/c1-8(2)11-5-9(3)10(4)12(6-11)7-13/h5-6,8H,7,13H2,1-4H3. The largest absolute Gasteiger partial charge is 0.326 e. The number of aryl methyl sites for hydroxylation is 1. The SMILES string of the molecule is Cc1cc(C(C)C)cc(CN)c1C. The number of rotatable bonds is 2. The first-order valence-corrected chi connectivity index (χ1v) is 4.86. The van der Waals surface area contributed by atoms with E-state index in [2.05, 4.69) is 39.8 Å². The molecule has 0 saturated heterocycles. The van der Waals surface area contributed by atoms with E-state index in [0.29, 0.717) is 12.5 Å². The second kappa shape index (κ2) is 3.93. The highest BCUT2D eigenvalue weighted by molar-refractivity contribution is 5.38. The van der Waals surface area contributed by atoms with Gasteiger partial charge in [0.2, 0.25) is 0 Å². The number of nitrogens with two attached hydrogens (primary N) is 1. The van der Waals surface area contributed by atoms with Crippen molar-refractivity contribution in [3.63, 3.8) is 0 Å². The lowest BCUT2D eigenvalue weighted by molar-refractivity contribution is 0.856. The summed E-state index contributed by atoms with van der Waals surface area (Å²) in [4.78, 5) is 0. The first-order chi connectivity index (χ1) is 6.06. The minimum Gasteiger partial charge on any atom is -0.326 e. The van der Waals surface area contributed by atoms with Crippen LogP contribution in [-0.4, -0.2) is 0 Å². The van der Waals surface area contributed by atoms with Crippen molar-refractivity contribution in [1.29, 1.82) is 0 Å². The first kappa shape index (κ1) is 10.3. The summed E-state index contributed by atoms with van der Waals surface area (Å²) in [7, 11) is 0. The Morgan fingerprint density at radius 3 is 2.31 bits per heavy atom. The van der Waals surface area contributed by atoms with Gasteiger partial charge in [-0.2, -0.15) is 0 Å². The van der Waals surface area contributed by atoms with E-state index < -0.39 is 0 Å². The zero-order chi connectivity index (χ0) is 10.0. The topological polar surface area (TPSA) is 26.0 Å². The van der Waals surface area contributed by atoms with E-state index in [4.69, 9.17) is 5.73 Å². The molecular weight excluding hydrogens is 158 g/mol. The molecule has 0 aliphatic rings. The lowest BCUT2D eigenvalue weighted by Crippen LogP contribution is -2.02. The van der Waals surface area contributed by atoms with Gasteiger partial charge in [-0.1, -0.05) is 26.0 Å². The molecule has 1 nitrogen and oxygen atoms in total. The van der Waals surface area contributed by atoms with Crippen molar-refractivity contribution in [1.82, 2.24) is 0 Å². The monoisotopic (exact) mass is 177 g/mol. The Morgan fingerprint density at radius 1 is 1.23 bits per heavy atom. The van der Waals surface area contributed by atoms with Gasteiger partial charge in [-0.15, -0.1) is 0 Å². The molecule has 1 aromatic carbocycles. The Morgan fingerprint density at radius 2 is 1.85 bits per heavy atom. The Bertz CT molecular complexity index is 300. The Labute approximate surface area is 81.0 Å². The van der Waals surface area contributed by atoms with Crippen LogP contribution in [0.3, 0.4) is 0 Å². The van der Waals surface area contributed by atoms with Crippen LogP contribution in [0.4, 0.5) is 0 Å². The summed E-state index contributed by atoms with van der Waals surface area (Å²) in [6, 6.07) is 4.49. The van der Waals surface area contributed by atoms with Crippen molar-refractivity contribution in [2.75, 3.05) is 0 Å². The maximum atomic E-state index is 5.69. The normalized spacial score (nSPS) is 10.9. The van der Waals surface area contributed by atoms with Crippen LogP contribution in [0.1, 0.15) is 42.0 Å². The van der Waals surface area contributed by atoms with Gasteiger partial charge in [-0.3, -0.25) is 0 Å². The van der Waals surface area contributed by atoms with Crippen LogP contribution >= 0.6 is 0 Å². The van der Waals surface area contributed by atoms with Gasteiger partial charge in [-0.25, -0.2) is 0 Å². The van der Waals surface area contributed by atoms with Gasteiger partial charge in [-0.05, 0) is 42.0 Å². The van der Waals surface area contributed by atoms with E-state index in [-0.39, 0.29) is 0 Å². The fraction of sp³-hybridized carbons (Fsp3) is 0.500. The molecule has 0 radical (unpaired) electrons. The van der Waals surface area contributed by atoms with Gasteiger partial charge in [0, 0.05) is 6.54 Å². The lowest BCUT2D eigenvalue weighted by Gasteiger charge is -2.12. The van der Waals surface area contributed by atoms with Crippen molar-refractivity contribution < 1.29 is 0 Å². The summed E-state index contributed by atoms with van der Waals surface area (Å²) in [5.41, 5.74) is 11.1. The van der Waals surface area contributed by atoms with E-state index in [0.717, 1.165) is 0 Å². The Kier molecular flexibility index (Phi) is 3.10. The van der Waals surface area contributed by atoms with Gasteiger partial charge in [0.25, 0.3) is 0 Å². The zero-order valence-electron chi connectivity index (χ0n) is 9.02. The minimum absolute atomic E-state index is 0.588. The molecule has 0 saturated carbocycles. The molecule has 0 aliphatic carbocycles. The van der Waals surface area contributed by atoms with E-state index >= 15 is 0 Å². The second-order valence-corrected chi connectivity index (χ2v) is 3.98. The molecule has 0 bridgehead atoms. The van der Waals surface area contributed by atoms with Crippen molar-refractivity contribution in [2.45, 2.75) is 40.2 Å². The van der Waals surface area contributed by atoms with Gasteiger partial charge >= 0.3 is 0 Å². The summed E-state index contributed by atoms with van der Waals surface area (Å²) in [5.74, 6) is 0.588. The smallest absolute Gasteiger partial charge is 0.0180 e. The third kappa shape index (κ3) is 2.10. The van der Waals surface area contributed by atoms with Crippen LogP contribution in [0.25, 0.3) is 0 Å². The molecule has 0 aliphatic heterocycles. The molecule has 72 valence electrons. The molecule has 0 unspecified atom stereocenters. The predicted molar refractivity (Wildman–Crippen MR) is 57.9 cm³/mol. The average Bonchev–Trinajstić information content (AvgIpc) is 2.09. The van der Waals surface area contributed by atoms with E-state index in [1.807, 2.05) is 0 Å². The second-order valence-electron chi connectivity index (χ2n) is 3.98. The fourth-order valence-electron chi connectivity index (χ4n) is 1.51. The van der Waals surface area contributed by atoms with E-state index in [9.17, 15) is 0 Å². The summed E-state index contributed by atoms with van der Waals surface area (Å²) >= 11 is 0. The van der Waals surface area contributed by atoms with Crippen LogP contribution in [0.5, 0.6) is 0 Å². The molecular formula is C12H19N. The van der Waals surface area contributed by atoms with Crippen molar-refractivity contribution in [2.24, 2.45) is 5.73 Å². The highest BCUT2D eigenvalue weighted by Crippen LogP contribution is 2.21. The van der Waals surface area contributed by atoms with Gasteiger partial charge in [0.05, 0.1) is 0 Å². The molecule has 0 amide bonds. The van der Waals surface area contributed by atoms with Gasteiger partial charge < -0.3 is 5.73 Å². The quantitative estimate of drug-likeness (QED) is 0.738. The molecule has 1 rings (SSSR count). The van der Waals surface area contributed by atoms with Crippen molar-refractivity contribution in [3.05, 3.63) is 34.4 Å². The third-order valence-electron chi connectivity index (χ3n) is 2.68. The maximum absolute atomic E-state index is 5.69. The van der Waals surface area contributed by atoms with Crippen molar-refractivity contribution in [3.8, 4) is 0 Å². The number of benzene rings is 1. The predicted octanol–water partition coefficient (Wildman–Crippen LogP) is 2.89. The summed E-state index contributed by atoms with van der Waals surface area (Å²) in [6.07, 6.45) is 0. The number of hydrogen-bond donors (Lipinski definition) is 1. The van der Waals surface area contributed by atoms with E-state index in [1.165, 1.54) is 22.3 Å². The lowest BCUT2D eigenvalue weighted by atomic mass is 9.94. The molecule has 1 heteroatoms. The van der Waals surface area contributed by atoms with Gasteiger partial charge in [0.15, 0.2) is 0 Å². The Hall–Kier alpha value is -0.820. The van der Waals surface area contributed by atoms with Crippen LogP contribution in [0, 0.1) is 13.8 Å². The fourth-order valence-corrected chi connectivity index (χ4v) is 1.51. The minimum atomic E-state index is 0.588. The highest BCUT2D eigenvalue weighted by Gasteiger charge is 2.05. The van der Waals surface area contributed by atoms with Crippen LogP contribution in [0.15, 0.2) is 12.1 Å². The molecule has 1 aromatic rings. The third-order valence-corrected chi connectivity index (χ3v) is 2.68. The highest BCUT2D eigenvalue weighted by atomic mass is 14.5. The molecule has 13 heavy (non-hydrogen) atoms. The molecule has 0 aromatic heterocycles. The molecule has 0 heterocycles. The summed E-state index contributed by atoms with van der Waals surface area (Å²) < 4.78 is 0. The molecule has 0 spiro atoms. The first-order valence-electron chi connectivity index (χ1n) is 4.86. The zero-order valence-corrected chi connectivity index (χ0v) is 9.02. The van der Waals surface area contributed by atoms with Gasteiger partial charge in [0.1, 0.15) is 0 Å². The summed E-state index contributed by atoms with van der Waals surface area (Å²) in [5, 5.41) is 0. The van der Waals surface area contributed by atoms with Crippen LogP contribution < -0.4 is 5.73 Å². The maximum Gasteiger partial charge on any atom is 0.0180 e. The molecule has 0 fully saturated rings. The van der Waals surface area contributed by atoms with Crippen LogP contribution in [0.2, 0.25) is 0 Å². The average molecular weight is 177 g/mol. The summed E-state index contributed by atoms with van der Waals surface area (Å²) in [6.45, 7) is 9.37. The van der Waals surface area contributed by atoms with Crippen LogP contribution in [-0.2, 0) is 6.54 Å². The van der Waals surface area contributed by atoms with E-state index in [1.54, 1.807) is 0 Å². The molecule has 0 atom stereocenters. The number of hydrogen-bond acceptors (Lipinski definition) is 1.